The van der Waals surface area contributed by atoms with Crippen LogP contribution in [-0.4, -0.2) is 80.0 Å². The van der Waals surface area contributed by atoms with Crippen LogP contribution in [0.1, 0.15) is 24.0 Å². The highest BCUT2D eigenvalue weighted by Crippen LogP contribution is 2.19. The van der Waals surface area contributed by atoms with Gasteiger partial charge in [0.05, 0.1) is 18.9 Å². The van der Waals surface area contributed by atoms with Crippen molar-refractivity contribution in [2.75, 3.05) is 0 Å². The van der Waals surface area contributed by atoms with Gasteiger partial charge in [0.2, 0.25) is 23.6 Å². The summed E-state index contributed by atoms with van der Waals surface area (Å²) in [5.74, 6) is -7.04. The van der Waals surface area contributed by atoms with Crippen LogP contribution in [0.2, 0.25) is 0 Å². The summed E-state index contributed by atoms with van der Waals surface area (Å²) in [5, 5.41) is 35.8. The third-order valence-electron chi connectivity index (χ3n) is 6.49. The van der Waals surface area contributed by atoms with E-state index in [1.54, 1.807) is 6.20 Å². The molecular weight excluding hydrogens is 564 g/mol. The quantitative estimate of drug-likeness (QED) is 0.102. The van der Waals surface area contributed by atoms with Crippen LogP contribution >= 0.6 is 0 Å². The van der Waals surface area contributed by atoms with Gasteiger partial charge >= 0.3 is 11.9 Å². The van der Waals surface area contributed by atoms with Crippen LogP contribution in [0, 0.1) is 0 Å². The van der Waals surface area contributed by atoms with Crippen LogP contribution in [-0.2, 0) is 41.6 Å². The summed E-state index contributed by atoms with van der Waals surface area (Å²) >= 11 is 0. The fourth-order valence-corrected chi connectivity index (χ4v) is 4.32. The van der Waals surface area contributed by atoms with E-state index in [-0.39, 0.29) is 18.6 Å². The van der Waals surface area contributed by atoms with Gasteiger partial charge in [-0.3, -0.25) is 24.0 Å². The Hall–Kier alpha value is -5.44. The SMILES string of the molecule is NC(=O)CC(NC(=O)C(N)Cc1c[nH]c2ccccc12)C(=O)NC(CC(=O)O)C(=O)NC(Cc1ccc(O)cc1)C(=O)O. The molecule has 2 aromatic carbocycles. The zero-order valence-electron chi connectivity index (χ0n) is 22.8. The van der Waals surface area contributed by atoms with Gasteiger partial charge in [-0.25, -0.2) is 4.79 Å². The molecule has 0 saturated carbocycles. The Morgan fingerprint density at radius 1 is 0.767 bits per heavy atom. The number of phenols is 1. The number of carbonyl (C=O) groups is 6. The highest BCUT2D eigenvalue weighted by Gasteiger charge is 2.32. The number of H-pyrrole nitrogens is 1. The normalized spacial score (nSPS) is 13.7. The topological polar surface area (TPSA) is 267 Å². The number of benzene rings is 2. The second-order valence-corrected chi connectivity index (χ2v) is 9.83. The Labute approximate surface area is 244 Å². The number of rotatable bonds is 15. The van der Waals surface area contributed by atoms with Gasteiger partial charge in [0.25, 0.3) is 0 Å². The summed E-state index contributed by atoms with van der Waals surface area (Å²) < 4.78 is 0. The Bertz CT molecular complexity index is 1500. The van der Waals surface area contributed by atoms with E-state index < -0.39 is 72.6 Å². The molecule has 1 heterocycles. The molecule has 43 heavy (non-hydrogen) atoms. The van der Waals surface area contributed by atoms with Crippen LogP contribution in [0.3, 0.4) is 0 Å². The molecule has 0 aliphatic heterocycles. The molecule has 3 rings (SSSR count). The van der Waals surface area contributed by atoms with Gasteiger partial charge in [-0.1, -0.05) is 30.3 Å². The minimum atomic E-state index is -1.78. The average molecular weight is 597 g/mol. The highest BCUT2D eigenvalue weighted by molar-refractivity contribution is 5.97. The number of nitrogens with one attached hydrogen (secondary N) is 4. The van der Waals surface area contributed by atoms with E-state index >= 15 is 0 Å². The summed E-state index contributed by atoms with van der Waals surface area (Å²) in [5.41, 5.74) is 13.3. The number of phenolic OH excluding ortho intramolecular Hbond substituents is 1. The van der Waals surface area contributed by atoms with Crippen molar-refractivity contribution < 1.29 is 44.1 Å². The number of amides is 4. The summed E-state index contributed by atoms with van der Waals surface area (Å²) in [6, 6.07) is 6.77. The van der Waals surface area contributed by atoms with Gasteiger partial charge in [0.15, 0.2) is 0 Å². The smallest absolute Gasteiger partial charge is 0.326 e. The first-order valence-electron chi connectivity index (χ1n) is 13.1. The van der Waals surface area contributed by atoms with Gasteiger partial charge in [-0.2, -0.15) is 0 Å². The Morgan fingerprint density at radius 2 is 1.35 bits per heavy atom. The van der Waals surface area contributed by atoms with E-state index in [9.17, 15) is 44.1 Å². The predicted octanol–water partition coefficient (Wildman–Crippen LogP) is -1.12. The molecular formula is C28H32N6O9. The summed E-state index contributed by atoms with van der Waals surface area (Å²) in [6.07, 6.45) is -0.101. The number of aromatic nitrogens is 1. The minimum absolute atomic E-state index is 0.0552. The van der Waals surface area contributed by atoms with E-state index in [1.165, 1.54) is 24.3 Å². The van der Waals surface area contributed by atoms with Gasteiger partial charge < -0.3 is 47.7 Å². The van der Waals surface area contributed by atoms with Crippen LogP contribution in [0.25, 0.3) is 10.9 Å². The molecule has 228 valence electrons. The lowest BCUT2D eigenvalue weighted by molar-refractivity contribution is -0.143. The average Bonchev–Trinajstić information content (AvgIpc) is 3.35. The number of aromatic hydroxyl groups is 1. The minimum Gasteiger partial charge on any atom is -0.508 e. The van der Waals surface area contributed by atoms with Crippen molar-refractivity contribution in [3.8, 4) is 5.75 Å². The number of para-hydroxylation sites is 1. The molecule has 15 heteroatoms. The second-order valence-electron chi connectivity index (χ2n) is 9.83. The zero-order chi connectivity index (χ0) is 31.7. The third kappa shape index (κ3) is 9.29. The lowest BCUT2D eigenvalue weighted by Crippen LogP contribution is -2.58. The molecule has 0 radical (unpaired) electrons. The molecule has 15 nitrogen and oxygen atoms in total. The van der Waals surface area contributed by atoms with Crippen LogP contribution in [0.15, 0.2) is 54.7 Å². The van der Waals surface area contributed by atoms with Crippen molar-refractivity contribution in [1.29, 1.82) is 0 Å². The maximum atomic E-state index is 13.1. The van der Waals surface area contributed by atoms with Crippen molar-refractivity contribution in [2.45, 2.75) is 49.9 Å². The number of carboxylic acid groups (broad SMARTS) is 2. The Kier molecular flexibility index (Phi) is 10.8. The van der Waals surface area contributed by atoms with Crippen molar-refractivity contribution in [2.24, 2.45) is 11.5 Å². The summed E-state index contributed by atoms with van der Waals surface area (Å²) in [4.78, 5) is 76.9. The van der Waals surface area contributed by atoms with Gasteiger partial charge in [-0.15, -0.1) is 0 Å². The first-order chi connectivity index (χ1) is 20.3. The molecule has 0 fully saturated rings. The lowest BCUT2D eigenvalue weighted by Gasteiger charge is -2.24. The number of nitrogens with two attached hydrogens (primary N) is 2. The molecule has 4 unspecified atom stereocenters. The number of hydrogen-bond donors (Lipinski definition) is 9. The monoisotopic (exact) mass is 596 g/mol. The maximum Gasteiger partial charge on any atom is 0.326 e. The summed E-state index contributed by atoms with van der Waals surface area (Å²) in [6.45, 7) is 0. The fraction of sp³-hybridized carbons (Fsp3) is 0.286. The van der Waals surface area contributed by atoms with E-state index in [0.717, 1.165) is 16.5 Å². The van der Waals surface area contributed by atoms with Gasteiger partial charge in [0, 0.05) is 23.5 Å². The van der Waals surface area contributed by atoms with Crippen molar-refractivity contribution in [1.82, 2.24) is 20.9 Å². The molecule has 0 spiro atoms. The molecule has 4 atom stereocenters. The van der Waals surface area contributed by atoms with Crippen LogP contribution in [0.5, 0.6) is 5.75 Å². The van der Waals surface area contributed by atoms with E-state index in [2.05, 4.69) is 20.9 Å². The standard InChI is InChI=1S/C28H32N6O9/c29-18(10-15-13-31-19-4-2-1-3-17(15)19)25(39)32-20(11-23(30)36)26(40)33-21(12-24(37)38)27(41)34-22(28(42)43)9-14-5-7-16(35)8-6-14/h1-8,13,18,20-22,31,35H,9-12,29H2,(H2,30,36)(H,32,39)(H,33,40)(H,34,41)(H,37,38)(H,42,43). The lowest BCUT2D eigenvalue weighted by atomic mass is 10.0. The number of hydrogen-bond acceptors (Lipinski definition) is 8. The third-order valence-corrected chi connectivity index (χ3v) is 6.49. The van der Waals surface area contributed by atoms with E-state index in [1.807, 2.05) is 24.3 Å². The number of primary amides is 1. The zero-order valence-corrected chi connectivity index (χ0v) is 22.8. The molecule has 0 bridgehead atoms. The van der Waals surface area contributed by atoms with Crippen LogP contribution in [0.4, 0.5) is 0 Å². The molecule has 0 aliphatic carbocycles. The van der Waals surface area contributed by atoms with E-state index in [0.29, 0.717) is 5.56 Å². The molecule has 0 aliphatic rings. The van der Waals surface area contributed by atoms with Gasteiger partial charge in [-0.05, 0) is 35.7 Å². The first-order valence-corrected chi connectivity index (χ1v) is 13.1. The van der Waals surface area contributed by atoms with Crippen molar-refractivity contribution in [3.63, 3.8) is 0 Å². The Balaban J connectivity index is 1.70. The molecule has 0 saturated heterocycles. The van der Waals surface area contributed by atoms with E-state index in [4.69, 9.17) is 11.5 Å². The van der Waals surface area contributed by atoms with Gasteiger partial charge in [0.1, 0.15) is 23.9 Å². The number of aromatic amines is 1. The predicted molar refractivity (Wildman–Crippen MR) is 151 cm³/mol. The van der Waals surface area contributed by atoms with Crippen LogP contribution < -0.4 is 27.4 Å². The second kappa shape index (κ2) is 14.5. The number of aliphatic carboxylic acids is 2. The number of carboxylic acids is 2. The molecule has 1 aromatic heterocycles. The fourth-order valence-electron chi connectivity index (χ4n) is 4.32. The number of fused-ring (bicyclic) bond motifs is 1. The van der Waals surface area contributed by atoms with Crippen molar-refractivity contribution in [3.05, 3.63) is 65.9 Å². The molecule has 4 amide bonds. The maximum absolute atomic E-state index is 13.1. The molecule has 11 N–H and O–H groups in total. The molecule has 3 aromatic rings. The first kappa shape index (κ1) is 32.1. The number of carbonyl (C=O) groups excluding carboxylic acids is 4. The Morgan fingerprint density at radius 3 is 1.95 bits per heavy atom. The highest BCUT2D eigenvalue weighted by atomic mass is 16.4. The largest absolute Gasteiger partial charge is 0.508 e. The van der Waals surface area contributed by atoms with Crippen molar-refractivity contribution >= 4 is 46.5 Å². The summed E-state index contributed by atoms with van der Waals surface area (Å²) in [7, 11) is 0.